The lowest BCUT2D eigenvalue weighted by molar-refractivity contribution is 0.465. The predicted octanol–water partition coefficient (Wildman–Crippen LogP) is 2.75. The number of rotatable bonds is 6. The first-order valence-corrected chi connectivity index (χ1v) is 8.59. The molecule has 0 heterocycles. The summed E-state index contributed by atoms with van der Waals surface area (Å²) >= 11 is 9.18. The van der Waals surface area contributed by atoms with Gasteiger partial charge in [0.1, 0.15) is 4.90 Å². The Bertz CT molecular complexity index is 535. The van der Waals surface area contributed by atoms with Crippen LogP contribution in [0.3, 0.4) is 0 Å². The van der Waals surface area contributed by atoms with Crippen molar-refractivity contribution < 1.29 is 8.42 Å². The highest BCUT2D eigenvalue weighted by Crippen LogP contribution is 2.25. The molecule has 1 atom stereocenters. The monoisotopic (exact) mass is 368 g/mol. The summed E-state index contributed by atoms with van der Waals surface area (Å²) in [6.45, 7) is 4.29. The minimum absolute atomic E-state index is 0.0609. The number of nitrogens with one attached hydrogen (secondary N) is 1. The molecule has 0 saturated heterocycles. The highest BCUT2D eigenvalue weighted by molar-refractivity contribution is 9.10. The van der Waals surface area contributed by atoms with Gasteiger partial charge in [-0.1, -0.05) is 41.4 Å². The van der Waals surface area contributed by atoms with Gasteiger partial charge < -0.3 is 5.73 Å². The second kappa shape index (κ2) is 7.04. The Kier molecular flexibility index (Phi) is 6.26. The molecule has 0 bridgehead atoms. The van der Waals surface area contributed by atoms with E-state index in [0.29, 0.717) is 16.8 Å². The number of hydrogen-bond acceptors (Lipinski definition) is 3. The van der Waals surface area contributed by atoms with Crippen LogP contribution < -0.4 is 10.5 Å². The van der Waals surface area contributed by atoms with Crippen molar-refractivity contribution in [3.63, 3.8) is 0 Å². The molecule has 0 saturated carbocycles. The molecule has 0 aliphatic rings. The Morgan fingerprint density at radius 3 is 2.58 bits per heavy atom. The summed E-state index contributed by atoms with van der Waals surface area (Å²) in [4.78, 5) is 0.0609. The smallest absolute Gasteiger partial charge is 0.242 e. The van der Waals surface area contributed by atoms with E-state index in [1.165, 1.54) is 6.07 Å². The zero-order chi connectivity index (χ0) is 14.6. The molecule has 19 heavy (non-hydrogen) atoms. The van der Waals surface area contributed by atoms with Gasteiger partial charge in [-0.25, -0.2) is 13.1 Å². The third kappa shape index (κ3) is 5.04. The molecule has 7 heteroatoms. The van der Waals surface area contributed by atoms with Gasteiger partial charge in [-0.2, -0.15) is 0 Å². The standard InChI is InChI=1S/C12H18BrClN2O2S/c1-8(2)5-10(7-15)16-19(17,18)12-6-9(13)3-4-11(12)14/h3-4,6,8,10,16H,5,7,15H2,1-2H3. The fraction of sp³-hybridized carbons (Fsp3) is 0.500. The quantitative estimate of drug-likeness (QED) is 0.810. The maximum absolute atomic E-state index is 12.3. The molecule has 3 N–H and O–H groups in total. The minimum atomic E-state index is -3.66. The second-order valence-electron chi connectivity index (χ2n) is 4.76. The molecule has 1 rings (SSSR count). The van der Waals surface area contributed by atoms with Gasteiger partial charge in [0.25, 0.3) is 0 Å². The van der Waals surface area contributed by atoms with Crippen LogP contribution in [-0.2, 0) is 10.0 Å². The summed E-state index contributed by atoms with van der Waals surface area (Å²) in [5.74, 6) is 0.356. The highest BCUT2D eigenvalue weighted by Gasteiger charge is 2.22. The lowest BCUT2D eigenvalue weighted by atomic mass is 10.1. The van der Waals surface area contributed by atoms with Crippen LogP contribution in [0.4, 0.5) is 0 Å². The highest BCUT2D eigenvalue weighted by atomic mass is 79.9. The van der Waals surface area contributed by atoms with Crippen LogP contribution in [0.15, 0.2) is 27.6 Å². The van der Waals surface area contributed by atoms with Crippen LogP contribution in [0.1, 0.15) is 20.3 Å². The molecule has 0 spiro atoms. The first kappa shape index (κ1) is 16.9. The van der Waals surface area contributed by atoms with Gasteiger partial charge in [-0.3, -0.25) is 0 Å². The first-order valence-electron chi connectivity index (χ1n) is 5.93. The second-order valence-corrected chi connectivity index (χ2v) is 7.76. The maximum atomic E-state index is 12.3. The van der Waals surface area contributed by atoms with E-state index in [1.807, 2.05) is 13.8 Å². The third-order valence-electron chi connectivity index (χ3n) is 2.55. The molecule has 4 nitrogen and oxygen atoms in total. The number of sulfonamides is 1. The zero-order valence-corrected chi connectivity index (χ0v) is 14.0. The van der Waals surface area contributed by atoms with Crippen LogP contribution >= 0.6 is 27.5 Å². The molecule has 0 amide bonds. The number of benzene rings is 1. The summed E-state index contributed by atoms with van der Waals surface area (Å²) in [5, 5.41) is 0.191. The van der Waals surface area contributed by atoms with Crippen molar-refractivity contribution in [2.24, 2.45) is 11.7 Å². The largest absolute Gasteiger partial charge is 0.329 e. The van der Waals surface area contributed by atoms with E-state index in [2.05, 4.69) is 20.7 Å². The van der Waals surface area contributed by atoms with Gasteiger partial charge in [0, 0.05) is 17.1 Å². The van der Waals surface area contributed by atoms with E-state index in [-0.39, 0.29) is 22.5 Å². The summed E-state index contributed by atoms with van der Waals surface area (Å²) in [5.41, 5.74) is 5.61. The van der Waals surface area contributed by atoms with E-state index in [9.17, 15) is 8.42 Å². The molecule has 1 aromatic rings. The van der Waals surface area contributed by atoms with Crippen LogP contribution in [0.25, 0.3) is 0 Å². The Balaban J connectivity index is 3.00. The van der Waals surface area contributed by atoms with Gasteiger partial charge in [-0.15, -0.1) is 0 Å². The van der Waals surface area contributed by atoms with Crippen molar-refractivity contribution in [3.05, 3.63) is 27.7 Å². The Hall–Kier alpha value is -0.140. The fourth-order valence-corrected chi connectivity index (χ4v) is 4.03. The summed E-state index contributed by atoms with van der Waals surface area (Å²) in [7, 11) is -3.66. The van der Waals surface area contributed by atoms with Crippen LogP contribution in [-0.4, -0.2) is 21.0 Å². The lowest BCUT2D eigenvalue weighted by Gasteiger charge is -2.19. The molecular formula is C12H18BrClN2O2S. The Morgan fingerprint density at radius 1 is 1.42 bits per heavy atom. The molecule has 1 aromatic carbocycles. The van der Waals surface area contributed by atoms with Gasteiger partial charge in [0.05, 0.1) is 5.02 Å². The fourth-order valence-electron chi connectivity index (χ4n) is 1.73. The van der Waals surface area contributed by atoms with Crippen molar-refractivity contribution in [2.45, 2.75) is 31.2 Å². The normalized spacial score (nSPS) is 13.8. The molecular weight excluding hydrogens is 352 g/mol. The van der Waals surface area contributed by atoms with E-state index in [4.69, 9.17) is 17.3 Å². The molecule has 108 valence electrons. The molecule has 0 aliphatic carbocycles. The van der Waals surface area contributed by atoms with E-state index >= 15 is 0 Å². The predicted molar refractivity (Wildman–Crippen MR) is 81.8 cm³/mol. The van der Waals surface area contributed by atoms with Crippen molar-refractivity contribution in [1.29, 1.82) is 0 Å². The number of nitrogens with two attached hydrogens (primary N) is 1. The van der Waals surface area contributed by atoms with Gasteiger partial charge in [0.2, 0.25) is 10.0 Å². The van der Waals surface area contributed by atoms with E-state index in [1.54, 1.807) is 12.1 Å². The minimum Gasteiger partial charge on any atom is -0.329 e. The van der Waals surface area contributed by atoms with Crippen molar-refractivity contribution in [1.82, 2.24) is 4.72 Å². The lowest BCUT2D eigenvalue weighted by Crippen LogP contribution is -2.41. The van der Waals surface area contributed by atoms with Crippen LogP contribution in [0, 0.1) is 5.92 Å². The Morgan fingerprint density at radius 2 is 2.05 bits per heavy atom. The summed E-state index contributed by atoms with van der Waals surface area (Å²) in [6.07, 6.45) is 0.682. The topological polar surface area (TPSA) is 72.2 Å². The average molecular weight is 370 g/mol. The summed E-state index contributed by atoms with van der Waals surface area (Å²) in [6, 6.07) is 4.42. The SMILES string of the molecule is CC(C)CC(CN)NS(=O)(=O)c1cc(Br)ccc1Cl. The summed E-state index contributed by atoms with van der Waals surface area (Å²) < 4.78 is 27.8. The third-order valence-corrected chi connectivity index (χ3v) is 5.04. The molecule has 0 aromatic heterocycles. The van der Waals surface area contributed by atoms with E-state index in [0.717, 1.165) is 0 Å². The molecule has 0 radical (unpaired) electrons. The number of hydrogen-bond donors (Lipinski definition) is 2. The van der Waals surface area contributed by atoms with Crippen molar-refractivity contribution >= 4 is 37.6 Å². The van der Waals surface area contributed by atoms with Gasteiger partial charge in [0.15, 0.2) is 0 Å². The van der Waals surface area contributed by atoms with Crippen molar-refractivity contribution in [3.8, 4) is 0 Å². The molecule has 1 unspecified atom stereocenters. The molecule has 0 aliphatic heterocycles. The first-order chi connectivity index (χ1) is 8.76. The number of halogens is 2. The van der Waals surface area contributed by atoms with Crippen molar-refractivity contribution in [2.75, 3.05) is 6.54 Å². The Labute approximate surface area is 127 Å². The van der Waals surface area contributed by atoms with Gasteiger partial charge >= 0.3 is 0 Å². The van der Waals surface area contributed by atoms with Crippen LogP contribution in [0.2, 0.25) is 5.02 Å². The van der Waals surface area contributed by atoms with Crippen LogP contribution in [0.5, 0.6) is 0 Å². The average Bonchev–Trinajstić information content (AvgIpc) is 2.30. The zero-order valence-electron chi connectivity index (χ0n) is 10.9. The van der Waals surface area contributed by atoms with Gasteiger partial charge in [-0.05, 0) is 30.5 Å². The molecule has 0 fully saturated rings. The maximum Gasteiger partial charge on any atom is 0.242 e. The van der Waals surface area contributed by atoms with E-state index < -0.39 is 10.0 Å².